The van der Waals surface area contributed by atoms with E-state index >= 15 is 0 Å². The van der Waals surface area contributed by atoms with Gasteiger partial charge in [-0.3, -0.25) is 0 Å². The van der Waals surface area contributed by atoms with Gasteiger partial charge in [-0.25, -0.2) is 0 Å². The van der Waals surface area contributed by atoms with Crippen LogP contribution in [0.5, 0.6) is 0 Å². The molecule has 0 saturated heterocycles. The predicted molar refractivity (Wildman–Crippen MR) is 62.7 cm³/mol. The molecule has 0 aromatic heterocycles. The Balaban J connectivity index is 1.72. The van der Waals surface area contributed by atoms with Gasteiger partial charge in [0.1, 0.15) is 0 Å². The van der Waals surface area contributed by atoms with Crippen LogP contribution in [0.15, 0.2) is 12.2 Å². The first-order chi connectivity index (χ1) is 7.28. The topological polar surface area (TPSA) is 32.3 Å². The van der Waals surface area contributed by atoms with E-state index in [1.54, 1.807) is 0 Å². The summed E-state index contributed by atoms with van der Waals surface area (Å²) in [6.07, 6.45) is 10.9. The van der Waals surface area contributed by atoms with E-state index in [2.05, 4.69) is 24.4 Å². The lowest BCUT2D eigenvalue weighted by molar-refractivity contribution is 0.238. The number of hydrogen-bond donors (Lipinski definition) is 2. The van der Waals surface area contributed by atoms with Gasteiger partial charge in [0.25, 0.3) is 0 Å². The summed E-state index contributed by atoms with van der Waals surface area (Å²) in [5.41, 5.74) is 0. The Kier molecular flexibility index (Phi) is 3.81. The van der Waals surface area contributed by atoms with Crippen molar-refractivity contribution in [3.63, 3.8) is 0 Å². The average Bonchev–Trinajstić information content (AvgIpc) is 2.69. The van der Waals surface area contributed by atoms with Gasteiger partial charge in [0.15, 0.2) is 0 Å². The van der Waals surface area contributed by atoms with Crippen molar-refractivity contribution in [2.24, 2.45) is 11.8 Å². The van der Waals surface area contributed by atoms with Crippen molar-refractivity contribution in [2.45, 2.75) is 51.1 Å². The zero-order valence-corrected chi connectivity index (χ0v) is 9.65. The fourth-order valence-electron chi connectivity index (χ4n) is 2.76. The van der Waals surface area contributed by atoms with Gasteiger partial charge in [0, 0.05) is 24.6 Å². The SMILES string of the molecule is CC1CCC(N[C@@H]2C=C[C@H](CO)C2)CC1. The van der Waals surface area contributed by atoms with Crippen molar-refractivity contribution in [2.75, 3.05) is 6.61 Å². The Morgan fingerprint density at radius 1 is 1.20 bits per heavy atom. The summed E-state index contributed by atoms with van der Waals surface area (Å²) in [5.74, 6) is 1.32. The standard InChI is InChI=1S/C13H23NO/c1-10-2-5-12(6-3-10)14-13-7-4-11(8-13)9-15/h4,7,10-15H,2-3,5-6,8-9H2,1H3/t10?,11-,12?,13+/m0/s1. The van der Waals surface area contributed by atoms with Gasteiger partial charge in [0.05, 0.1) is 0 Å². The van der Waals surface area contributed by atoms with Crippen molar-refractivity contribution in [3.8, 4) is 0 Å². The molecule has 86 valence electrons. The summed E-state index contributed by atoms with van der Waals surface area (Å²) in [5, 5.41) is 12.8. The fourth-order valence-corrected chi connectivity index (χ4v) is 2.76. The molecule has 0 spiro atoms. The number of rotatable bonds is 3. The van der Waals surface area contributed by atoms with Crippen LogP contribution in [-0.4, -0.2) is 23.8 Å². The Morgan fingerprint density at radius 2 is 1.93 bits per heavy atom. The largest absolute Gasteiger partial charge is 0.396 e. The Labute approximate surface area is 92.8 Å². The van der Waals surface area contributed by atoms with Crippen LogP contribution in [0, 0.1) is 11.8 Å². The first-order valence-corrected chi connectivity index (χ1v) is 6.33. The molecule has 0 unspecified atom stereocenters. The van der Waals surface area contributed by atoms with Crippen LogP contribution in [0.1, 0.15) is 39.0 Å². The molecular weight excluding hydrogens is 186 g/mol. The molecule has 0 aliphatic heterocycles. The molecule has 1 saturated carbocycles. The molecule has 0 aromatic rings. The molecule has 2 nitrogen and oxygen atoms in total. The van der Waals surface area contributed by atoms with Crippen molar-refractivity contribution < 1.29 is 5.11 Å². The minimum Gasteiger partial charge on any atom is -0.396 e. The minimum atomic E-state index is 0.302. The summed E-state index contributed by atoms with van der Waals surface area (Å²) in [7, 11) is 0. The summed E-state index contributed by atoms with van der Waals surface area (Å²) in [4.78, 5) is 0. The third-order valence-electron chi connectivity index (χ3n) is 3.87. The molecule has 0 heterocycles. The summed E-state index contributed by atoms with van der Waals surface area (Å²) < 4.78 is 0. The lowest BCUT2D eigenvalue weighted by Gasteiger charge is -2.29. The second-order valence-corrected chi connectivity index (χ2v) is 5.29. The Morgan fingerprint density at radius 3 is 2.53 bits per heavy atom. The number of aliphatic hydroxyl groups excluding tert-OH is 1. The van der Waals surface area contributed by atoms with E-state index in [9.17, 15) is 0 Å². The van der Waals surface area contributed by atoms with Crippen molar-refractivity contribution in [1.29, 1.82) is 0 Å². The maximum absolute atomic E-state index is 9.05. The number of aliphatic hydroxyl groups is 1. The molecule has 2 N–H and O–H groups in total. The highest BCUT2D eigenvalue weighted by atomic mass is 16.3. The molecule has 0 radical (unpaired) electrons. The van der Waals surface area contributed by atoms with Crippen LogP contribution in [0.3, 0.4) is 0 Å². The van der Waals surface area contributed by atoms with Gasteiger partial charge >= 0.3 is 0 Å². The van der Waals surface area contributed by atoms with Crippen molar-refractivity contribution >= 4 is 0 Å². The van der Waals surface area contributed by atoms with E-state index < -0.39 is 0 Å². The van der Waals surface area contributed by atoms with Crippen LogP contribution in [0.25, 0.3) is 0 Å². The quantitative estimate of drug-likeness (QED) is 0.698. The summed E-state index contributed by atoms with van der Waals surface area (Å²) in [6, 6.07) is 1.23. The van der Waals surface area contributed by atoms with Gasteiger partial charge in [0.2, 0.25) is 0 Å². The highest BCUT2D eigenvalue weighted by Crippen LogP contribution is 2.25. The molecule has 2 rings (SSSR count). The normalized spacial score (nSPS) is 40.9. The number of nitrogens with one attached hydrogen (secondary N) is 1. The molecular formula is C13H23NO. The van der Waals surface area contributed by atoms with Gasteiger partial charge in [-0.15, -0.1) is 0 Å². The number of hydrogen-bond acceptors (Lipinski definition) is 2. The van der Waals surface area contributed by atoms with Crippen molar-refractivity contribution in [3.05, 3.63) is 12.2 Å². The van der Waals surface area contributed by atoms with Crippen molar-refractivity contribution in [1.82, 2.24) is 5.32 Å². The zero-order chi connectivity index (χ0) is 10.7. The van der Waals surface area contributed by atoms with E-state index in [0.717, 1.165) is 12.3 Å². The second kappa shape index (κ2) is 5.13. The van der Waals surface area contributed by atoms with Gasteiger partial charge in [-0.1, -0.05) is 19.1 Å². The molecule has 2 atom stereocenters. The average molecular weight is 209 g/mol. The van der Waals surface area contributed by atoms with E-state index in [1.165, 1.54) is 25.7 Å². The lowest BCUT2D eigenvalue weighted by Crippen LogP contribution is -2.39. The molecule has 0 bridgehead atoms. The van der Waals surface area contributed by atoms with Gasteiger partial charge in [-0.05, 0) is 38.0 Å². The van der Waals surface area contributed by atoms with Crippen LogP contribution in [0.4, 0.5) is 0 Å². The first-order valence-electron chi connectivity index (χ1n) is 6.33. The summed E-state index contributed by atoms with van der Waals surface area (Å²) in [6.45, 7) is 2.66. The van der Waals surface area contributed by atoms with Gasteiger partial charge < -0.3 is 10.4 Å². The maximum atomic E-state index is 9.05. The lowest BCUT2D eigenvalue weighted by atomic mass is 9.87. The third-order valence-corrected chi connectivity index (χ3v) is 3.87. The van der Waals surface area contributed by atoms with Crippen LogP contribution in [0.2, 0.25) is 0 Å². The molecule has 0 amide bonds. The predicted octanol–water partition coefficient (Wildman–Crippen LogP) is 2.09. The molecule has 2 aliphatic rings. The third kappa shape index (κ3) is 3.05. The molecule has 2 heteroatoms. The maximum Gasteiger partial charge on any atom is 0.0494 e. The monoisotopic (exact) mass is 209 g/mol. The molecule has 0 aromatic carbocycles. The molecule has 15 heavy (non-hydrogen) atoms. The van der Waals surface area contributed by atoms with Crippen LogP contribution >= 0.6 is 0 Å². The molecule has 1 fully saturated rings. The minimum absolute atomic E-state index is 0.302. The van der Waals surface area contributed by atoms with E-state index in [1.807, 2.05) is 0 Å². The van der Waals surface area contributed by atoms with Crippen LogP contribution < -0.4 is 5.32 Å². The highest BCUT2D eigenvalue weighted by molar-refractivity contribution is 5.06. The Hall–Kier alpha value is -0.340. The zero-order valence-electron chi connectivity index (χ0n) is 9.65. The van der Waals surface area contributed by atoms with E-state index in [-0.39, 0.29) is 0 Å². The first kappa shape index (κ1) is 11.2. The highest BCUT2D eigenvalue weighted by Gasteiger charge is 2.23. The summed E-state index contributed by atoms with van der Waals surface area (Å²) >= 11 is 0. The Bertz CT molecular complexity index is 219. The second-order valence-electron chi connectivity index (χ2n) is 5.29. The molecule has 2 aliphatic carbocycles. The fraction of sp³-hybridized carbons (Fsp3) is 0.846. The smallest absolute Gasteiger partial charge is 0.0494 e. The van der Waals surface area contributed by atoms with E-state index in [0.29, 0.717) is 24.6 Å². The van der Waals surface area contributed by atoms with Gasteiger partial charge in [-0.2, -0.15) is 0 Å². The van der Waals surface area contributed by atoms with Crippen LogP contribution in [-0.2, 0) is 0 Å². The van der Waals surface area contributed by atoms with E-state index in [4.69, 9.17) is 5.11 Å².